The molecular weight excluding hydrogens is 230 g/mol. The van der Waals surface area contributed by atoms with E-state index < -0.39 is 0 Å². The Kier molecular flexibility index (Phi) is 2.25. The molecule has 0 aromatic heterocycles. The molecule has 0 fully saturated rings. The van der Waals surface area contributed by atoms with E-state index in [9.17, 15) is 0 Å². The molecule has 0 aliphatic carbocycles. The van der Waals surface area contributed by atoms with Crippen LogP contribution in [-0.4, -0.2) is 10.8 Å². The second-order valence-corrected chi connectivity index (χ2v) is 4.96. The van der Waals surface area contributed by atoms with E-state index in [0.717, 1.165) is 0 Å². The van der Waals surface area contributed by atoms with Crippen molar-refractivity contribution in [1.29, 1.82) is 0 Å². The SMILES string of the molecule is C1=CC2c3ccccc3C=[N+]2C=C1c1ccccc1. The average molecular weight is 244 g/mol. The molecular formula is C18H14N+. The maximum atomic E-state index is 2.30. The van der Waals surface area contributed by atoms with Crippen molar-refractivity contribution in [3.05, 3.63) is 89.6 Å². The van der Waals surface area contributed by atoms with Crippen molar-refractivity contribution in [3.63, 3.8) is 0 Å². The standard InChI is InChI=1S/C18H14N/c1-2-6-14(7-3-1)15-10-11-18-17-9-5-4-8-16(17)13-19(18)12-15/h1-13,18H/q+1. The van der Waals surface area contributed by atoms with Gasteiger partial charge in [-0.3, -0.25) is 0 Å². The molecule has 0 spiro atoms. The molecule has 1 heteroatoms. The Bertz CT molecular complexity index is 720. The van der Waals surface area contributed by atoms with Crippen molar-refractivity contribution >= 4 is 11.8 Å². The molecule has 19 heavy (non-hydrogen) atoms. The number of allylic oxidation sites excluding steroid dienone is 2. The quantitative estimate of drug-likeness (QED) is 0.671. The van der Waals surface area contributed by atoms with Crippen LogP contribution in [0.2, 0.25) is 0 Å². The predicted octanol–water partition coefficient (Wildman–Crippen LogP) is 3.78. The summed E-state index contributed by atoms with van der Waals surface area (Å²) in [5, 5.41) is 0. The molecule has 2 heterocycles. The van der Waals surface area contributed by atoms with Crippen LogP contribution in [0.4, 0.5) is 0 Å². The molecule has 2 aliphatic heterocycles. The van der Waals surface area contributed by atoms with E-state index in [1.807, 2.05) is 0 Å². The summed E-state index contributed by atoms with van der Waals surface area (Å²) in [6, 6.07) is 19.5. The van der Waals surface area contributed by atoms with Gasteiger partial charge in [-0.15, -0.1) is 0 Å². The molecule has 0 saturated carbocycles. The maximum absolute atomic E-state index is 2.30. The summed E-state index contributed by atoms with van der Waals surface area (Å²) in [4.78, 5) is 0. The van der Waals surface area contributed by atoms with Gasteiger partial charge < -0.3 is 0 Å². The van der Waals surface area contributed by atoms with Crippen LogP contribution in [0.25, 0.3) is 5.57 Å². The molecule has 0 bridgehead atoms. The fraction of sp³-hybridized carbons (Fsp3) is 0.0556. The molecule has 1 unspecified atom stereocenters. The van der Waals surface area contributed by atoms with Crippen LogP contribution < -0.4 is 0 Å². The molecule has 2 aromatic rings. The number of nitrogens with zero attached hydrogens (tertiary/aromatic N) is 1. The molecule has 90 valence electrons. The highest BCUT2D eigenvalue weighted by atomic mass is 15.0. The van der Waals surface area contributed by atoms with Gasteiger partial charge in [-0.25, -0.2) is 0 Å². The molecule has 0 saturated heterocycles. The van der Waals surface area contributed by atoms with Crippen LogP contribution >= 0.6 is 0 Å². The third-order valence-electron chi connectivity index (χ3n) is 3.78. The second-order valence-electron chi connectivity index (χ2n) is 4.96. The van der Waals surface area contributed by atoms with E-state index in [2.05, 4.69) is 83.7 Å². The molecule has 1 atom stereocenters. The first kappa shape index (κ1) is 10.5. The summed E-state index contributed by atoms with van der Waals surface area (Å²) >= 11 is 0. The van der Waals surface area contributed by atoms with Crippen LogP contribution in [0.1, 0.15) is 22.7 Å². The molecule has 0 amide bonds. The molecule has 4 rings (SSSR count). The Hall–Kier alpha value is -2.41. The summed E-state index contributed by atoms with van der Waals surface area (Å²) in [5.74, 6) is 0. The van der Waals surface area contributed by atoms with Gasteiger partial charge in [0.15, 0.2) is 12.4 Å². The van der Waals surface area contributed by atoms with Gasteiger partial charge in [0, 0.05) is 16.7 Å². The summed E-state index contributed by atoms with van der Waals surface area (Å²) in [6.07, 6.45) is 8.98. The zero-order valence-corrected chi connectivity index (χ0v) is 10.5. The van der Waals surface area contributed by atoms with Crippen LogP contribution in [0.5, 0.6) is 0 Å². The third-order valence-corrected chi connectivity index (χ3v) is 3.78. The van der Waals surface area contributed by atoms with Gasteiger partial charge in [0.1, 0.15) is 0 Å². The average Bonchev–Trinajstić information content (AvgIpc) is 2.86. The Morgan fingerprint density at radius 1 is 0.842 bits per heavy atom. The summed E-state index contributed by atoms with van der Waals surface area (Å²) < 4.78 is 2.30. The molecule has 0 N–H and O–H groups in total. The van der Waals surface area contributed by atoms with Crippen molar-refractivity contribution in [2.45, 2.75) is 6.04 Å². The molecule has 2 aromatic carbocycles. The topological polar surface area (TPSA) is 3.01 Å². The number of hydrogen-bond donors (Lipinski definition) is 0. The van der Waals surface area contributed by atoms with Crippen LogP contribution in [-0.2, 0) is 0 Å². The lowest BCUT2D eigenvalue weighted by molar-refractivity contribution is -0.483. The zero-order chi connectivity index (χ0) is 12.7. The fourth-order valence-corrected chi connectivity index (χ4v) is 2.82. The highest BCUT2D eigenvalue weighted by Gasteiger charge is 2.30. The van der Waals surface area contributed by atoms with Gasteiger partial charge >= 0.3 is 0 Å². The highest BCUT2D eigenvalue weighted by Crippen LogP contribution is 2.32. The van der Waals surface area contributed by atoms with Crippen LogP contribution in [0, 0.1) is 0 Å². The minimum atomic E-state index is 0.365. The number of fused-ring (bicyclic) bond motifs is 3. The third kappa shape index (κ3) is 1.66. The van der Waals surface area contributed by atoms with E-state index in [-0.39, 0.29) is 0 Å². The van der Waals surface area contributed by atoms with E-state index in [4.69, 9.17) is 0 Å². The van der Waals surface area contributed by atoms with Gasteiger partial charge in [-0.1, -0.05) is 48.5 Å². The first-order valence-electron chi connectivity index (χ1n) is 6.58. The number of rotatable bonds is 1. The lowest BCUT2D eigenvalue weighted by Crippen LogP contribution is -2.10. The van der Waals surface area contributed by atoms with Gasteiger partial charge in [-0.05, 0) is 23.8 Å². The number of benzene rings is 2. The van der Waals surface area contributed by atoms with Crippen molar-refractivity contribution in [1.82, 2.24) is 0 Å². The largest absolute Gasteiger partial charge is 0.203 e. The van der Waals surface area contributed by atoms with Crippen molar-refractivity contribution in [3.8, 4) is 0 Å². The van der Waals surface area contributed by atoms with Gasteiger partial charge in [0.05, 0.1) is 0 Å². The monoisotopic (exact) mass is 244 g/mol. The lowest BCUT2D eigenvalue weighted by atomic mass is 9.99. The summed E-state index contributed by atoms with van der Waals surface area (Å²) in [5.41, 5.74) is 5.24. The Balaban J connectivity index is 1.78. The minimum absolute atomic E-state index is 0.365. The van der Waals surface area contributed by atoms with Gasteiger partial charge in [-0.2, -0.15) is 4.58 Å². The van der Waals surface area contributed by atoms with E-state index in [0.29, 0.717) is 6.04 Å². The summed E-state index contributed by atoms with van der Waals surface area (Å²) in [6.45, 7) is 0. The van der Waals surface area contributed by atoms with Crippen molar-refractivity contribution in [2.24, 2.45) is 0 Å². The molecule has 2 aliphatic rings. The van der Waals surface area contributed by atoms with Gasteiger partial charge in [0.2, 0.25) is 6.04 Å². The lowest BCUT2D eigenvalue weighted by Gasteiger charge is -2.11. The van der Waals surface area contributed by atoms with E-state index >= 15 is 0 Å². The first-order chi connectivity index (χ1) is 9.42. The maximum Gasteiger partial charge on any atom is 0.203 e. The zero-order valence-electron chi connectivity index (χ0n) is 10.5. The Labute approximate surface area is 112 Å². The highest BCUT2D eigenvalue weighted by molar-refractivity contribution is 5.83. The van der Waals surface area contributed by atoms with Crippen LogP contribution in [0.3, 0.4) is 0 Å². The minimum Gasteiger partial charge on any atom is -0.193 e. The fourth-order valence-electron chi connectivity index (χ4n) is 2.82. The second kappa shape index (κ2) is 4.06. The van der Waals surface area contributed by atoms with E-state index in [1.54, 1.807) is 0 Å². The molecule has 1 nitrogen and oxygen atoms in total. The first-order valence-corrected chi connectivity index (χ1v) is 6.58. The normalized spacial score (nSPS) is 19.5. The van der Waals surface area contributed by atoms with Crippen molar-refractivity contribution in [2.75, 3.05) is 0 Å². The Morgan fingerprint density at radius 3 is 2.53 bits per heavy atom. The van der Waals surface area contributed by atoms with Gasteiger partial charge in [0.25, 0.3) is 0 Å². The van der Waals surface area contributed by atoms with Crippen LogP contribution in [0.15, 0.2) is 72.9 Å². The molecule has 0 radical (unpaired) electrons. The smallest absolute Gasteiger partial charge is 0.193 e. The summed E-state index contributed by atoms with van der Waals surface area (Å²) in [7, 11) is 0. The van der Waals surface area contributed by atoms with Crippen molar-refractivity contribution < 1.29 is 4.58 Å². The van der Waals surface area contributed by atoms with E-state index in [1.165, 1.54) is 22.3 Å². The Morgan fingerprint density at radius 2 is 1.63 bits per heavy atom. The predicted molar refractivity (Wildman–Crippen MR) is 78.2 cm³/mol. The number of hydrogen-bond acceptors (Lipinski definition) is 0.